The first-order chi connectivity index (χ1) is 15.4. The van der Waals surface area contributed by atoms with Crippen molar-refractivity contribution in [2.75, 3.05) is 18.8 Å². The second-order valence-electron chi connectivity index (χ2n) is 7.92. The summed E-state index contributed by atoms with van der Waals surface area (Å²) < 4.78 is 1.68. The molecule has 32 heavy (non-hydrogen) atoms. The molecule has 0 aromatic carbocycles. The standard InChI is InChI=1S/C22H21N7O2S/c1-12(32)28-8-6-14(7-9-28)29-20-15(21(30)27-22(29)31)11-24-17-4-3-16(26-19(17)20)13-2-5-18(23)25-10-13/h2-5,10-11,14H,6-9H2,1H3,(H2,23,25)(H,27,30,31). The molecule has 1 fully saturated rings. The van der Waals surface area contributed by atoms with E-state index < -0.39 is 11.2 Å². The Bertz CT molecular complexity index is 1470. The average molecular weight is 448 g/mol. The molecule has 0 amide bonds. The summed E-state index contributed by atoms with van der Waals surface area (Å²) in [6, 6.07) is 7.13. The number of aromatic amines is 1. The molecule has 0 bridgehead atoms. The molecule has 5 heterocycles. The number of thiocarbonyl (C=S) groups is 1. The van der Waals surface area contributed by atoms with Crippen molar-refractivity contribution in [3.63, 3.8) is 0 Å². The highest BCUT2D eigenvalue weighted by Crippen LogP contribution is 2.28. The van der Waals surface area contributed by atoms with Crippen LogP contribution in [0.4, 0.5) is 5.82 Å². The van der Waals surface area contributed by atoms with Crippen LogP contribution in [-0.4, -0.2) is 47.5 Å². The van der Waals surface area contributed by atoms with E-state index in [0.29, 0.717) is 33.4 Å². The van der Waals surface area contributed by atoms with Crippen molar-refractivity contribution >= 4 is 45.0 Å². The fraction of sp³-hybridized carbons (Fsp3) is 0.273. The van der Waals surface area contributed by atoms with Gasteiger partial charge in [0.05, 0.1) is 27.1 Å². The van der Waals surface area contributed by atoms with Crippen molar-refractivity contribution in [1.82, 2.24) is 29.4 Å². The number of likely N-dealkylation sites (tertiary alicyclic amines) is 1. The molecule has 0 aliphatic carbocycles. The van der Waals surface area contributed by atoms with Gasteiger partial charge in [0, 0.05) is 37.1 Å². The molecule has 1 aliphatic rings. The van der Waals surface area contributed by atoms with E-state index in [1.165, 1.54) is 6.20 Å². The zero-order chi connectivity index (χ0) is 22.4. The summed E-state index contributed by atoms with van der Waals surface area (Å²) in [6.45, 7) is 3.42. The van der Waals surface area contributed by atoms with E-state index in [0.717, 1.165) is 36.5 Å². The maximum absolute atomic E-state index is 13.0. The van der Waals surface area contributed by atoms with Crippen LogP contribution in [0.25, 0.3) is 33.2 Å². The zero-order valence-corrected chi connectivity index (χ0v) is 18.2. The topological polar surface area (TPSA) is 123 Å². The summed E-state index contributed by atoms with van der Waals surface area (Å²) in [6.07, 6.45) is 4.63. The lowest BCUT2D eigenvalue weighted by atomic mass is 10.0. The molecule has 10 heteroatoms. The van der Waals surface area contributed by atoms with Crippen LogP contribution in [-0.2, 0) is 0 Å². The molecule has 162 valence electrons. The van der Waals surface area contributed by atoms with Crippen LogP contribution in [0.2, 0.25) is 0 Å². The molecular formula is C22H21N7O2S. The fourth-order valence-electron chi connectivity index (χ4n) is 4.29. The second-order valence-corrected chi connectivity index (χ2v) is 8.51. The molecule has 9 nitrogen and oxygen atoms in total. The molecule has 0 radical (unpaired) electrons. The van der Waals surface area contributed by atoms with Crippen LogP contribution in [0, 0.1) is 0 Å². The third-order valence-corrected chi connectivity index (χ3v) is 6.23. The Hall–Kier alpha value is -3.66. The summed E-state index contributed by atoms with van der Waals surface area (Å²) in [4.78, 5) is 44.4. The van der Waals surface area contributed by atoms with E-state index in [2.05, 4.69) is 19.9 Å². The van der Waals surface area contributed by atoms with Crippen LogP contribution in [0.5, 0.6) is 0 Å². The Morgan fingerprint density at radius 1 is 1.12 bits per heavy atom. The van der Waals surface area contributed by atoms with Gasteiger partial charge in [0.2, 0.25) is 0 Å². The van der Waals surface area contributed by atoms with Gasteiger partial charge in [0.15, 0.2) is 0 Å². The number of H-pyrrole nitrogens is 1. The van der Waals surface area contributed by atoms with Gasteiger partial charge in [-0.05, 0) is 44.0 Å². The van der Waals surface area contributed by atoms with E-state index in [1.54, 1.807) is 16.8 Å². The second kappa shape index (κ2) is 7.79. The highest BCUT2D eigenvalue weighted by Gasteiger charge is 2.25. The third-order valence-electron chi connectivity index (χ3n) is 5.97. The molecule has 0 atom stereocenters. The van der Waals surface area contributed by atoms with Crippen molar-refractivity contribution < 1.29 is 0 Å². The van der Waals surface area contributed by atoms with E-state index in [4.69, 9.17) is 22.9 Å². The lowest BCUT2D eigenvalue weighted by Crippen LogP contribution is -2.41. The quantitative estimate of drug-likeness (QED) is 0.354. The van der Waals surface area contributed by atoms with E-state index >= 15 is 0 Å². The number of nitrogen functional groups attached to an aromatic ring is 1. The van der Waals surface area contributed by atoms with Crippen LogP contribution < -0.4 is 17.0 Å². The van der Waals surface area contributed by atoms with Crippen LogP contribution in [0.3, 0.4) is 0 Å². The molecule has 0 unspecified atom stereocenters. The summed E-state index contributed by atoms with van der Waals surface area (Å²) in [5, 5.41) is 0.339. The van der Waals surface area contributed by atoms with Gasteiger partial charge in [0.1, 0.15) is 11.3 Å². The molecule has 0 saturated carbocycles. The van der Waals surface area contributed by atoms with Gasteiger partial charge in [-0.25, -0.2) is 14.8 Å². The number of piperidine rings is 1. The molecule has 4 aromatic heterocycles. The molecule has 5 rings (SSSR count). The van der Waals surface area contributed by atoms with E-state index in [1.807, 2.05) is 25.1 Å². The third kappa shape index (κ3) is 3.42. The largest absolute Gasteiger partial charge is 0.384 e. The van der Waals surface area contributed by atoms with Crippen LogP contribution in [0.1, 0.15) is 25.8 Å². The first kappa shape index (κ1) is 20.3. The van der Waals surface area contributed by atoms with Crippen LogP contribution in [0.15, 0.2) is 46.2 Å². The predicted molar refractivity (Wildman–Crippen MR) is 128 cm³/mol. The van der Waals surface area contributed by atoms with Crippen molar-refractivity contribution in [2.24, 2.45) is 0 Å². The predicted octanol–water partition coefficient (Wildman–Crippen LogP) is 2.26. The highest BCUT2D eigenvalue weighted by molar-refractivity contribution is 7.80. The first-order valence-corrected chi connectivity index (χ1v) is 10.7. The summed E-state index contributed by atoms with van der Waals surface area (Å²) in [7, 11) is 0. The number of rotatable bonds is 2. The van der Waals surface area contributed by atoms with Gasteiger partial charge in [0.25, 0.3) is 5.56 Å². The Labute approximate surface area is 187 Å². The SMILES string of the molecule is CC(=S)N1CCC(n2c(=O)[nH]c(=O)c3cnc4ccc(-c5ccc(N)nc5)nc4c32)CC1. The Morgan fingerprint density at radius 2 is 1.91 bits per heavy atom. The normalized spacial score (nSPS) is 14.8. The first-order valence-electron chi connectivity index (χ1n) is 10.3. The number of aromatic nitrogens is 5. The monoisotopic (exact) mass is 447 g/mol. The summed E-state index contributed by atoms with van der Waals surface area (Å²) in [5.41, 5.74) is 7.86. The molecule has 4 aromatic rings. The maximum atomic E-state index is 13.0. The van der Waals surface area contributed by atoms with E-state index in [-0.39, 0.29) is 6.04 Å². The minimum absolute atomic E-state index is 0.0818. The molecule has 1 saturated heterocycles. The minimum Gasteiger partial charge on any atom is -0.384 e. The van der Waals surface area contributed by atoms with Gasteiger partial charge in [-0.15, -0.1) is 0 Å². The van der Waals surface area contributed by atoms with E-state index in [9.17, 15) is 9.59 Å². The smallest absolute Gasteiger partial charge is 0.329 e. The number of fused-ring (bicyclic) bond motifs is 3. The van der Waals surface area contributed by atoms with Crippen molar-refractivity contribution in [3.05, 3.63) is 57.5 Å². The average Bonchev–Trinajstić information content (AvgIpc) is 2.79. The van der Waals surface area contributed by atoms with Gasteiger partial charge >= 0.3 is 5.69 Å². The van der Waals surface area contributed by atoms with Gasteiger partial charge in [-0.3, -0.25) is 19.3 Å². The molecule has 1 aliphatic heterocycles. The molecule has 3 N–H and O–H groups in total. The Balaban J connectivity index is 1.74. The molecular weight excluding hydrogens is 426 g/mol. The lowest BCUT2D eigenvalue weighted by Gasteiger charge is -2.34. The highest BCUT2D eigenvalue weighted by atomic mass is 32.1. The fourth-order valence-corrected chi connectivity index (χ4v) is 4.48. The summed E-state index contributed by atoms with van der Waals surface area (Å²) in [5.74, 6) is 0.417. The zero-order valence-electron chi connectivity index (χ0n) is 17.4. The summed E-state index contributed by atoms with van der Waals surface area (Å²) >= 11 is 5.30. The number of anilines is 1. The maximum Gasteiger partial charge on any atom is 0.329 e. The number of hydrogen-bond donors (Lipinski definition) is 2. The Morgan fingerprint density at radius 3 is 2.59 bits per heavy atom. The van der Waals surface area contributed by atoms with Gasteiger partial charge in [-0.2, -0.15) is 0 Å². The molecule has 0 spiro atoms. The number of pyridine rings is 3. The van der Waals surface area contributed by atoms with Gasteiger partial charge < -0.3 is 10.6 Å². The number of hydrogen-bond acceptors (Lipinski definition) is 7. The van der Waals surface area contributed by atoms with Crippen LogP contribution >= 0.6 is 12.2 Å². The van der Waals surface area contributed by atoms with Crippen molar-refractivity contribution in [3.8, 4) is 11.3 Å². The van der Waals surface area contributed by atoms with Gasteiger partial charge in [-0.1, -0.05) is 12.2 Å². The Kier molecular flexibility index (Phi) is 4.93. The lowest BCUT2D eigenvalue weighted by molar-refractivity contribution is 0.268. The minimum atomic E-state index is -0.468. The number of nitrogens with zero attached hydrogens (tertiary/aromatic N) is 5. The van der Waals surface area contributed by atoms with Crippen molar-refractivity contribution in [1.29, 1.82) is 0 Å². The van der Waals surface area contributed by atoms with Crippen molar-refractivity contribution in [2.45, 2.75) is 25.8 Å². The number of nitrogens with two attached hydrogens (primary N) is 1. The number of nitrogens with one attached hydrogen (secondary N) is 1.